The number of para-hydroxylation sites is 1. The van der Waals surface area contributed by atoms with Crippen LogP contribution in [0.3, 0.4) is 0 Å². The van der Waals surface area contributed by atoms with Gasteiger partial charge in [0.15, 0.2) is 0 Å². The van der Waals surface area contributed by atoms with Crippen LogP contribution in [0.4, 0.5) is 5.69 Å². The van der Waals surface area contributed by atoms with E-state index in [0.717, 1.165) is 21.5 Å². The van der Waals surface area contributed by atoms with E-state index >= 15 is 0 Å². The lowest BCUT2D eigenvalue weighted by Crippen LogP contribution is -2.60. The van der Waals surface area contributed by atoms with Gasteiger partial charge in [0, 0.05) is 21.3 Å². The van der Waals surface area contributed by atoms with Crippen molar-refractivity contribution in [2.24, 2.45) is 0 Å². The van der Waals surface area contributed by atoms with Crippen molar-refractivity contribution in [3.05, 3.63) is 76.3 Å². The van der Waals surface area contributed by atoms with Crippen molar-refractivity contribution in [2.45, 2.75) is 31.9 Å². The number of carbonyl (C=O) groups excluding carboxylic acids is 1. The molecule has 2 aromatic rings. The second-order valence-corrected chi connectivity index (χ2v) is 8.94. The Kier molecular flexibility index (Phi) is 4.82. The van der Waals surface area contributed by atoms with Gasteiger partial charge in [-0.3, -0.25) is 0 Å². The Labute approximate surface area is 179 Å². The summed E-state index contributed by atoms with van der Waals surface area (Å²) in [6.45, 7) is 10.5. The molecule has 0 aromatic heterocycles. The topological polar surface area (TPSA) is 38.8 Å². The third kappa shape index (κ3) is 3.08. The largest absolute Gasteiger partial charge is 0.463 e. The van der Waals surface area contributed by atoms with Gasteiger partial charge < -0.3 is 14.4 Å². The number of rotatable bonds is 4. The standard InChI is InChI=1S/C24H24BrNO3/c1-16(2)22(27)28-14-13-26-20-8-6-5-7-19(20)23(3,4)24(26)12-11-17-15-18(25)9-10-21(17)29-24/h5-12,15H,1,13-14H2,2-4H3/t24-/m1/s1. The molecule has 2 heterocycles. The fourth-order valence-corrected chi connectivity index (χ4v) is 4.59. The van der Waals surface area contributed by atoms with Crippen LogP contribution in [0, 0.1) is 0 Å². The maximum Gasteiger partial charge on any atom is 0.333 e. The normalized spacial score (nSPS) is 20.8. The monoisotopic (exact) mass is 453 g/mol. The summed E-state index contributed by atoms with van der Waals surface area (Å²) in [5.41, 5.74) is 2.70. The fourth-order valence-electron chi connectivity index (χ4n) is 4.21. The molecule has 0 saturated heterocycles. The summed E-state index contributed by atoms with van der Waals surface area (Å²) >= 11 is 3.53. The SMILES string of the molecule is C=C(C)C(=O)OCCN1c2ccccc2C(C)(C)[C@]12C=Cc1cc(Br)ccc1O2. The summed E-state index contributed by atoms with van der Waals surface area (Å²) in [6.07, 6.45) is 4.24. The zero-order chi connectivity index (χ0) is 20.8. The van der Waals surface area contributed by atoms with Crippen LogP contribution in [-0.4, -0.2) is 24.8 Å². The zero-order valence-corrected chi connectivity index (χ0v) is 18.5. The smallest absolute Gasteiger partial charge is 0.333 e. The summed E-state index contributed by atoms with van der Waals surface area (Å²) in [5, 5.41) is 0. The van der Waals surface area contributed by atoms with Crippen molar-refractivity contribution in [3.63, 3.8) is 0 Å². The first kappa shape index (κ1) is 19.8. The number of fused-ring (bicyclic) bond motifs is 2. The van der Waals surface area contributed by atoms with Crippen molar-refractivity contribution in [1.29, 1.82) is 0 Å². The van der Waals surface area contributed by atoms with Crippen molar-refractivity contribution >= 4 is 33.7 Å². The molecule has 2 aliphatic rings. The number of hydrogen-bond acceptors (Lipinski definition) is 4. The number of carbonyl (C=O) groups is 1. The average Bonchev–Trinajstić information content (AvgIpc) is 2.87. The van der Waals surface area contributed by atoms with E-state index in [-0.39, 0.29) is 18.0 Å². The molecule has 2 aromatic carbocycles. The predicted octanol–water partition coefficient (Wildman–Crippen LogP) is 5.47. The fraction of sp³-hybridized carbons (Fsp3) is 0.292. The van der Waals surface area contributed by atoms with Crippen molar-refractivity contribution in [1.82, 2.24) is 0 Å². The molecular weight excluding hydrogens is 430 g/mol. The summed E-state index contributed by atoms with van der Waals surface area (Å²) in [5.74, 6) is 0.460. The van der Waals surface area contributed by atoms with Crippen LogP contribution >= 0.6 is 15.9 Å². The van der Waals surface area contributed by atoms with E-state index in [1.54, 1.807) is 6.92 Å². The van der Waals surface area contributed by atoms with E-state index in [1.807, 2.05) is 24.3 Å². The molecule has 5 heteroatoms. The molecule has 150 valence electrons. The van der Waals surface area contributed by atoms with Gasteiger partial charge in [-0.1, -0.05) is 40.7 Å². The summed E-state index contributed by atoms with van der Waals surface area (Å²) < 4.78 is 13.1. The van der Waals surface area contributed by atoms with Crippen LogP contribution in [0.1, 0.15) is 31.9 Å². The minimum absolute atomic E-state index is 0.252. The van der Waals surface area contributed by atoms with E-state index < -0.39 is 5.72 Å². The zero-order valence-electron chi connectivity index (χ0n) is 16.9. The minimum Gasteiger partial charge on any atom is -0.463 e. The highest BCUT2D eigenvalue weighted by molar-refractivity contribution is 9.10. The molecule has 0 amide bonds. The highest BCUT2D eigenvalue weighted by Gasteiger charge is 2.58. The van der Waals surface area contributed by atoms with E-state index in [1.165, 1.54) is 5.56 Å². The number of halogens is 1. The Morgan fingerprint density at radius 1 is 1.24 bits per heavy atom. The Morgan fingerprint density at radius 3 is 2.76 bits per heavy atom. The van der Waals surface area contributed by atoms with Gasteiger partial charge in [-0.2, -0.15) is 0 Å². The van der Waals surface area contributed by atoms with Gasteiger partial charge >= 0.3 is 5.97 Å². The number of benzene rings is 2. The first-order valence-electron chi connectivity index (χ1n) is 9.64. The highest BCUT2D eigenvalue weighted by Crippen LogP contribution is 2.54. The van der Waals surface area contributed by atoms with Gasteiger partial charge in [0.25, 0.3) is 0 Å². The molecule has 0 saturated carbocycles. The lowest BCUT2D eigenvalue weighted by atomic mass is 9.76. The van der Waals surface area contributed by atoms with Crippen LogP contribution in [0.15, 0.2) is 65.2 Å². The Bertz CT molecular complexity index is 1030. The Hall–Kier alpha value is -2.53. The molecule has 0 radical (unpaired) electrons. The van der Waals surface area contributed by atoms with E-state index in [4.69, 9.17) is 9.47 Å². The molecule has 0 fully saturated rings. The Balaban J connectivity index is 1.74. The lowest BCUT2D eigenvalue weighted by Gasteiger charge is -2.47. The molecule has 0 bridgehead atoms. The van der Waals surface area contributed by atoms with Crippen LogP contribution < -0.4 is 9.64 Å². The third-order valence-corrected chi connectivity index (χ3v) is 6.28. The van der Waals surface area contributed by atoms with E-state index in [0.29, 0.717) is 12.1 Å². The summed E-state index contributed by atoms with van der Waals surface area (Å²) in [4.78, 5) is 14.1. The molecule has 0 aliphatic carbocycles. The highest BCUT2D eigenvalue weighted by atomic mass is 79.9. The van der Waals surface area contributed by atoms with Gasteiger partial charge in [0.1, 0.15) is 12.4 Å². The summed E-state index contributed by atoms with van der Waals surface area (Å²) in [7, 11) is 0. The second-order valence-electron chi connectivity index (χ2n) is 8.02. The Morgan fingerprint density at radius 2 is 2.00 bits per heavy atom. The lowest BCUT2D eigenvalue weighted by molar-refractivity contribution is -0.138. The first-order chi connectivity index (χ1) is 13.8. The molecule has 4 nitrogen and oxygen atoms in total. The predicted molar refractivity (Wildman–Crippen MR) is 119 cm³/mol. The molecular formula is C24H24BrNO3. The van der Waals surface area contributed by atoms with E-state index in [2.05, 4.69) is 71.6 Å². The van der Waals surface area contributed by atoms with Gasteiger partial charge in [0.2, 0.25) is 5.72 Å². The third-order valence-electron chi connectivity index (χ3n) is 5.79. The molecule has 2 aliphatic heterocycles. The molecule has 0 unspecified atom stereocenters. The van der Waals surface area contributed by atoms with Crippen LogP contribution in [0.5, 0.6) is 5.75 Å². The van der Waals surface area contributed by atoms with Gasteiger partial charge in [-0.25, -0.2) is 4.79 Å². The van der Waals surface area contributed by atoms with Gasteiger partial charge in [0.05, 0.1) is 12.0 Å². The molecule has 0 N–H and O–H groups in total. The molecule has 1 atom stereocenters. The number of esters is 1. The van der Waals surface area contributed by atoms with Crippen molar-refractivity contribution in [3.8, 4) is 5.75 Å². The molecule has 29 heavy (non-hydrogen) atoms. The maximum absolute atomic E-state index is 11.9. The first-order valence-corrected chi connectivity index (χ1v) is 10.4. The molecule has 4 rings (SSSR count). The number of anilines is 1. The van der Waals surface area contributed by atoms with Crippen molar-refractivity contribution < 1.29 is 14.3 Å². The molecule has 1 spiro atoms. The quantitative estimate of drug-likeness (QED) is 0.454. The van der Waals surface area contributed by atoms with E-state index in [9.17, 15) is 4.79 Å². The van der Waals surface area contributed by atoms with Crippen molar-refractivity contribution in [2.75, 3.05) is 18.1 Å². The van der Waals surface area contributed by atoms with Crippen LogP contribution in [0.2, 0.25) is 0 Å². The maximum atomic E-state index is 11.9. The minimum atomic E-state index is -0.715. The van der Waals surface area contributed by atoms with Gasteiger partial charge in [-0.15, -0.1) is 0 Å². The summed E-state index contributed by atoms with van der Waals surface area (Å²) in [6, 6.07) is 14.3. The van der Waals surface area contributed by atoms with Gasteiger partial charge in [-0.05, 0) is 62.8 Å². The number of nitrogens with zero attached hydrogens (tertiary/aromatic N) is 1. The van der Waals surface area contributed by atoms with Crippen LogP contribution in [-0.2, 0) is 14.9 Å². The average molecular weight is 454 g/mol. The second kappa shape index (κ2) is 7.06. The number of hydrogen-bond donors (Lipinski definition) is 0. The van der Waals surface area contributed by atoms with Crippen LogP contribution in [0.25, 0.3) is 6.08 Å². The number of ether oxygens (including phenoxy) is 2.